The Morgan fingerprint density at radius 1 is 1.35 bits per heavy atom. The Balaban J connectivity index is 2.91. The molecule has 1 aliphatic rings. The summed E-state index contributed by atoms with van der Waals surface area (Å²) < 4.78 is 61.6. The molecule has 0 aliphatic carbocycles. The van der Waals surface area contributed by atoms with E-state index in [0.29, 0.717) is 11.3 Å². The second-order valence-corrected chi connectivity index (χ2v) is 4.09. The number of amides is 1. The summed E-state index contributed by atoms with van der Waals surface area (Å²) in [4.78, 5) is 11.6. The summed E-state index contributed by atoms with van der Waals surface area (Å²) in [6, 6.07) is -0.976. The van der Waals surface area contributed by atoms with Crippen LogP contribution in [0, 0.1) is 5.92 Å². The molecule has 1 heterocycles. The van der Waals surface area contributed by atoms with Crippen molar-refractivity contribution in [2.75, 3.05) is 13.2 Å². The fraction of sp³-hybridized carbons (Fsp3) is 0.889. The minimum Gasteiger partial charge on any atom is -0.394 e. The Kier molecular flexibility index (Phi) is 3.66. The highest BCUT2D eigenvalue weighted by Gasteiger charge is 2.65. The molecule has 100 valence electrons. The van der Waals surface area contributed by atoms with E-state index in [9.17, 15) is 26.7 Å². The maximum atomic E-state index is 12.8. The number of aliphatic hydroxyl groups excluding tert-OH is 1. The van der Waals surface area contributed by atoms with E-state index >= 15 is 0 Å². The summed E-state index contributed by atoms with van der Waals surface area (Å²) in [5.41, 5.74) is 0. The van der Waals surface area contributed by atoms with Gasteiger partial charge < -0.3 is 10.0 Å². The van der Waals surface area contributed by atoms with Crippen LogP contribution in [0.3, 0.4) is 0 Å². The lowest BCUT2D eigenvalue weighted by atomic mass is 10.0. The van der Waals surface area contributed by atoms with Crippen LogP contribution in [-0.2, 0) is 4.79 Å². The quantitative estimate of drug-likeness (QED) is 0.763. The van der Waals surface area contributed by atoms with Crippen molar-refractivity contribution in [3.05, 3.63) is 0 Å². The summed E-state index contributed by atoms with van der Waals surface area (Å²) in [5.74, 6) is -7.98. The van der Waals surface area contributed by atoms with E-state index in [2.05, 4.69) is 0 Å². The minimum absolute atomic E-state index is 0.198. The molecule has 0 bridgehead atoms. The lowest BCUT2D eigenvalue weighted by Crippen LogP contribution is -2.54. The van der Waals surface area contributed by atoms with Gasteiger partial charge in [0.1, 0.15) is 0 Å². The first-order valence-corrected chi connectivity index (χ1v) is 4.99. The number of aliphatic hydroxyl groups is 1. The third-order valence-electron chi connectivity index (χ3n) is 2.96. The molecule has 0 radical (unpaired) electrons. The number of hydrogen-bond donors (Lipinski definition) is 1. The Morgan fingerprint density at radius 2 is 1.88 bits per heavy atom. The second-order valence-electron chi connectivity index (χ2n) is 4.09. The fourth-order valence-corrected chi connectivity index (χ4v) is 1.84. The largest absolute Gasteiger partial charge is 0.463 e. The SMILES string of the molecule is CC1CCN(C(=O)C(F)(F)C(F)(F)F)C1CO. The summed E-state index contributed by atoms with van der Waals surface area (Å²) in [5, 5.41) is 8.90. The first-order valence-electron chi connectivity index (χ1n) is 4.99. The predicted octanol–water partition coefficient (Wildman–Crippen LogP) is 1.41. The van der Waals surface area contributed by atoms with E-state index in [4.69, 9.17) is 5.11 Å². The van der Waals surface area contributed by atoms with Crippen molar-refractivity contribution in [3.63, 3.8) is 0 Å². The molecular weight excluding hydrogens is 249 g/mol. The number of nitrogens with zero attached hydrogens (tertiary/aromatic N) is 1. The Hall–Kier alpha value is -0.920. The molecular formula is C9H12F5NO2. The van der Waals surface area contributed by atoms with Crippen LogP contribution in [0.1, 0.15) is 13.3 Å². The highest BCUT2D eigenvalue weighted by Crippen LogP contribution is 2.39. The van der Waals surface area contributed by atoms with Crippen LogP contribution in [0.5, 0.6) is 0 Å². The molecule has 1 aliphatic heterocycles. The maximum absolute atomic E-state index is 12.8. The van der Waals surface area contributed by atoms with Crippen LogP contribution in [-0.4, -0.2) is 47.2 Å². The van der Waals surface area contributed by atoms with Gasteiger partial charge in [0.25, 0.3) is 0 Å². The zero-order valence-electron chi connectivity index (χ0n) is 8.97. The number of alkyl halides is 5. The topological polar surface area (TPSA) is 40.5 Å². The number of rotatable bonds is 2. The van der Waals surface area contributed by atoms with Crippen molar-refractivity contribution in [2.45, 2.75) is 31.5 Å². The number of carbonyl (C=O) groups is 1. The van der Waals surface area contributed by atoms with Crippen LogP contribution < -0.4 is 0 Å². The minimum atomic E-state index is -5.91. The predicted molar refractivity (Wildman–Crippen MR) is 47.4 cm³/mol. The molecule has 1 fully saturated rings. The van der Waals surface area contributed by atoms with Crippen LogP contribution in [0.15, 0.2) is 0 Å². The van der Waals surface area contributed by atoms with Crippen LogP contribution in [0.25, 0.3) is 0 Å². The molecule has 1 amide bonds. The van der Waals surface area contributed by atoms with E-state index in [1.807, 2.05) is 0 Å². The monoisotopic (exact) mass is 261 g/mol. The van der Waals surface area contributed by atoms with Gasteiger partial charge in [-0.15, -0.1) is 0 Å². The molecule has 0 aromatic carbocycles. The molecule has 2 unspecified atom stereocenters. The van der Waals surface area contributed by atoms with Crippen molar-refractivity contribution in [3.8, 4) is 0 Å². The average molecular weight is 261 g/mol. The van der Waals surface area contributed by atoms with Gasteiger partial charge in [-0.25, -0.2) is 0 Å². The molecule has 0 aromatic rings. The molecule has 17 heavy (non-hydrogen) atoms. The van der Waals surface area contributed by atoms with Crippen LogP contribution in [0.4, 0.5) is 22.0 Å². The highest BCUT2D eigenvalue weighted by atomic mass is 19.4. The van der Waals surface area contributed by atoms with Gasteiger partial charge in [0.05, 0.1) is 12.6 Å². The molecule has 0 saturated carbocycles. The van der Waals surface area contributed by atoms with Gasteiger partial charge in [-0.1, -0.05) is 6.92 Å². The van der Waals surface area contributed by atoms with E-state index in [1.165, 1.54) is 0 Å². The second kappa shape index (κ2) is 4.40. The molecule has 1 N–H and O–H groups in total. The number of carbonyl (C=O) groups excluding carboxylic acids is 1. The Labute approximate surface area is 94.2 Å². The van der Waals surface area contributed by atoms with E-state index in [0.717, 1.165) is 0 Å². The van der Waals surface area contributed by atoms with E-state index in [-0.39, 0.29) is 12.5 Å². The number of likely N-dealkylation sites (tertiary alicyclic amines) is 1. The lowest BCUT2D eigenvalue weighted by molar-refractivity contribution is -0.275. The summed E-state index contributed by atoms with van der Waals surface area (Å²) >= 11 is 0. The van der Waals surface area contributed by atoms with Gasteiger partial charge in [0, 0.05) is 6.54 Å². The van der Waals surface area contributed by atoms with Crippen LogP contribution in [0.2, 0.25) is 0 Å². The van der Waals surface area contributed by atoms with E-state index in [1.54, 1.807) is 6.92 Å². The third-order valence-corrected chi connectivity index (χ3v) is 2.96. The van der Waals surface area contributed by atoms with Crippen molar-refractivity contribution < 1.29 is 31.9 Å². The summed E-state index contributed by atoms with van der Waals surface area (Å²) in [6.45, 7) is 0.762. The van der Waals surface area contributed by atoms with Gasteiger partial charge >= 0.3 is 18.0 Å². The molecule has 2 atom stereocenters. The zero-order valence-corrected chi connectivity index (χ0v) is 8.97. The van der Waals surface area contributed by atoms with E-state index < -0.39 is 30.7 Å². The Morgan fingerprint density at radius 3 is 2.29 bits per heavy atom. The molecule has 0 spiro atoms. The standard InChI is InChI=1S/C9H12F5NO2/c1-5-2-3-15(6(5)4-16)7(17)8(10,11)9(12,13)14/h5-6,16H,2-4H2,1H3. The normalized spacial score (nSPS) is 26.4. The van der Waals surface area contributed by atoms with Gasteiger partial charge in [-0.05, 0) is 12.3 Å². The number of halogens is 5. The first-order chi connectivity index (χ1) is 7.63. The first kappa shape index (κ1) is 14.1. The smallest absolute Gasteiger partial charge is 0.394 e. The number of hydrogen-bond acceptors (Lipinski definition) is 2. The van der Waals surface area contributed by atoms with Gasteiger partial charge in [-0.3, -0.25) is 4.79 Å². The maximum Gasteiger partial charge on any atom is 0.463 e. The van der Waals surface area contributed by atoms with Gasteiger partial charge in [0.2, 0.25) is 0 Å². The molecule has 8 heteroatoms. The zero-order chi connectivity index (χ0) is 13.4. The Bertz CT molecular complexity index is 304. The van der Waals surface area contributed by atoms with Crippen LogP contribution >= 0.6 is 0 Å². The fourth-order valence-electron chi connectivity index (χ4n) is 1.84. The van der Waals surface area contributed by atoms with Crippen molar-refractivity contribution in [1.29, 1.82) is 0 Å². The summed E-state index contributed by atoms with van der Waals surface area (Å²) in [7, 11) is 0. The average Bonchev–Trinajstić information content (AvgIpc) is 2.56. The van der Waals surface area contributed by atoms with Crippen molar-refractivity contribution in [2.24, 2.45) is 5.92 Å². The lowest BCUT2D eigenvalue weighted by Gasteiger charge is -2.29. The molecule has 0 aromatic heterocycles. The highest BCUT2D eigenvalue weighted by molar-refractivity contribution is 5.85. The third kappa shape index (κ3) is 2.36. The summed E-state index contributed by atoms with van der Waals surface area (Å²) in [6.07, 6.45) is -5.61. The van der Waals surface area contributed by atoms with Gasteiger partial charge in [-0.2, -0.15) is 22.0 Å². The molecule has 1 rings (SSSR count). The van der Waals surface area contributed by atoms with Crippen molar-refractivity contribution in [1.82, 2.24) is 4.90 Å². The van der Waals surface area contributed by atoms with Crippen molar-refractivity contribution >= 4 is 5.91 Å². The molecule has 1 saturated heterocycles. The van der Waals surface area contributed by atoms with Gasteiger partial charge in [0.15, 0.2) is 0 Å². The molecule has 3 nitrogen and oxygen atoms in total.